The molecule has 0 spiro atoms. The van der Waals surface area contributed by atoms with E-state index in [1.807, 2.05) is 19.9 Å². The van der Waals surface area contributed by atoms with Crippen molar-refractivity contribution >= 4 is 23.6 Å². The fourth-order valence-electron chi connectivity index (χ4n) is 2.09. The summed E-state index contributed by atoms with van der Waals surface area (Å²) in [7, 11) is 0. The first-order valence-corrected chi connectivity index (χ1v) is 8.30. The third-order valence-corrected chi connectivity index (χ3v) is 4.56. The summed E-state index contributed by atoms with van der Waals surface area (Å²) in [5, 5.41) is 2.86. The predicted molar refractivity (Wildman–Crippen MR) is 93.4 cm³/mol. The second kappa shape index (κ2) is 7.83. The van der Waals surface area contributed by atoms with E-state index in [-0.39, 0.29) is 5.91 Å². The smallest absolute Gasteiger partial charge is 0.248 e. The van der Waals surface area contributed by atoms with Crippen LogP contribution in [-0.4, -0.2) is 17.6 Å². The maximum Gasteiger partial charge on any atom is 0.248 e. The number of amides is 2. The van der Waals surface area contributed by atoms with E-state index < -0.39 is 5.91 Å². The summed E-state index contributed by atoms with van der Waals surface area (Å²) < 4.78 is 0. The van der Waals surface area contributed by atoms with Crippen molar-refractivity contribution in [2.45, 2.75) is 25.3 Å². The summed E-state index contributed by atoms with van der Waals surface area (Å²) in [6.07, 6.45) is 0. The third-order valence-electron chi connectivity index (χ3n) is 3.40. The van der Waals surface area contributed by atoms with Crippen molar-refractivity contribution in [2.24, 2.45) is 5.73 Å². The number of carbonyl (C=O) groups is 2. The van der Waals surface area contributed by atoms with Crippen LogP contribution in [0.3, 0.4) is 0 Å². The Hall–Kier alpha value is -2.27. The lowest BCUT2D eigenvalue weighted by molar-refractivity contribution is -0.118. The van der Waals surface area contributed by atoms with E-state index in [1.165, 1.54) is 22.9 Å². The molecular formula is C18H20N2O2S. The largest absolute Gasteiger partial charge is 0.366 e. The molecule has 5 heteroatoms. The summed E-state index contributed by atoms with van der Waals surface area (Å²) in [5.41, 5.74) is 8.90. The van der Waals surface area contributed by atoms with Gasteiger partial charge in [0.15, 0.2) is 0 Å². The second-order valence-corrected chi connectivity index (χ2v) is 6.42. The average molecular weight is 328 g/mol. The Bertz CT molecular complexity index is 729. The second-order valence-electron chi connectivity index (χ2n) is 5.40. The van der Waals surface area contributed by atoms with Crippen LogP contribution in [-0.2, 0) is 11.3 Å². The van der Waals surface area contributed by atoms with Gasteiger partial charge in [0, 0.05) is 17.0 Å². The highest BCUT2D eigenvalue weighted by Crippen LogP contribution is 2.23. The summed E-state index contributed by atoms with van der Waals surface area (Å²) in [6, 6.07) is 13.2. The molecule has 2 aromatic rings. The number of thioether (sulfide) groups is 1. The zero-order valence-electron chi connectivity index (χ0n) is 13.3. The summed E-state index contributed by atoms with van der Waals surface area (Å²) in [4.78, 5) is 24.2. The lowest BCUT2D eigenvalue weighted by atomic mass is 10.1. The molecule has 0 radical (unpaired) electrons. The van der Waals surface area contributed by atoms with E-state index in [0.717, 1.165) is 10.5 Å². The molecule has 0 unspecified atom stereocenters. The van der Waals surface area contributed by atoms with Crippen molar-refractivity contribution in [3.05, 3.63) is 64.7 Å². The standard InChI is InChI=1S/C18H20N2O2S/c1-12-6-7-13(2)16(8-12)23-11-17(21)20-10-14-4-3-5-15(9-14)18(19)22/h3-9H,10-11H2,1-2H3,(H2,19,22)(H,20,21). The molecule has 23 heavy (non-hydrogen) atoms. The van der Waals surface area contributed by atoms with Crippen molar-refractivity contribution in [3.63, 3.8) is 0 Å². The monoisotopic (exact) mass is 328 g/mol. The van der Waals surface area contributed by atoms with Gasteiger partial charge >= 0.3 is 0 Å². The number of hydrogen-bond acceptors (Lipinski definition) is 3. The van der Waals surface area contributed by atoms with Gasteiger partial charge in [0.05, 0.1) is 5.75 Å². The number of nitrogens with two attached hydrogens (primary N) is 1. The highest BCUT2D eigenvalue weighted by atomic mass is 32.2. The van der Waals surface area contributed by atoms with E-state index in [9.17, 15) is 9.59 Å². The molecule has 0 aliphatic heterocycles. The van der Waals surface area contributed by atoms with Gasteiger partial charge < -0.3 is 11.1 Å². The zero-order chi connectivity index (χ0) is 16.8. The fraction of sp³-hybridized carbons (Fsp3) is 0.222. The number of nitrogens with one attached hydrogen (secondary N) is 1. The number of primary amides is 1. The van der Waals surface area contributed by atoms with Gasteiger partial charge in [-0.15, -0.1) is 11.8 Å². The molecule has 0 saturated heterocycles. The van der Waals surface area contributed by atoms with Crippen molar-refractivity contribution in [1.29, 1.82) is 0 Å². The normalized spacial score (nSPS) is 10.3. The van der Waals surface area contributed by atoms with Crippen LogP contribution in [0.2, 0.25) is 0 Å². The molecule has 0 aliphatic rings. The predicted octanol–water partition coefficient (Wildman–Crippen LogP) is 2.81. The van der Waals surface area contributed by atoms with Gasteiger partial charge in [-0.1, -0.05) is 29.8 Å². The molecular weight excluding hydrogens is 308 g/mol. The van der Waals surface area contributed by atoms with E-state index in [0.29, 0.717) is 17.9 Å². The molecule has 0 heterocycles. The molecule has 2 aromatic carbocycles. The van der Waals surface area contributed by atoms with Crippen molar-refractivity contribution in [1.82, 2.24) is 5.32 Å². The van der Waals surface area contributed by atoms with Crippen LogP contribution in [0, 0.1) is 13.8 Å². The minimum Gasteiger partial charge on any atom is -0.366 e. The van der Waals surface area contributed by atoms with Crippen LogP contribution in [0.5, 0.6) is 0 Å². The Kier molecular flexibility index (Phi) is 5.82. The molecule has 2 rings (SSSR count). The molecule has 0 saturated carbocycles. The Balaban J connectivity index is 1.87. The van der Waals surface area contributed by atoms with E-state index in [4.69, 9.17) is 5.73 Å². The molecule has 2 amide bonds. The minimum atomic E-state index is -0.469. The SMILES string of the molecule is Cc1ccc(C)c(SCC(=O)NCc2cccc(C(N)=O)c2)c1. The lowest BCUT2D eigenvalue weighted by Crippen LogP contribution is -2.24. The summed E-state index contributed by atoms with van der Waals surface area (Å²) in [5.74, 6) is -0.149. The number of aryl methyl sites for hydroxylation is 2. The zero-order valence-corrected chi connectivity index (χ0v) is 14.1. The molecule has 120 valence electrons. The van der Waals surface area contributed by atoms with E-state index in [1.54, 1.807) is 18.2 Å². The van der Waals surface area contributed by atoms with Crippen LogP contribution < -0.4 is 11.1 Å². The van der Waals surface area contributed by atoms with Crippen LogP contribution in [0.4, 0.5) is 0 Å². The molecule has 0 aliphatic carbocycles. The van der Waals surface area contributed by atoms with Crippen molar-refractivity contribution in [3.8, 4) is 0 Å². The third kappa shape index (κ3) is 5.14. The van der Waals surface area contributed by atoms with E-state index >= 15 is 0 Å². The molecule has 0 bridgehead atoms. The van der Waals surface area contributed by atoms with Crippen LogP contribution in [0.25, 0.3) is 0 Å². The van der Waals surface area contributed by atoms with Crippen LogP contribution in [0.1, 0.15) is 27.0 Å². The molecule has 4 nitrogen and oxygen atoms in total. The van der Waals surface area contributed by atoms with Crippen molar-refractivity contribution < 1.29 is 9.59 Å². The maximum atomic E-state index is 12.0. The molecule has 0 aromatic heterocycles. The highest BCUT2D eigenvalue weighted by molar-refractivity contribution is 8.00. The number of hydrogen-bond donors (Lipinski definition) is 2. The average Bonchev–Trinajstić information content (AvgIpc) is 2.54. The Morgan fingerprint density at radius 3 is 2.65 bits per heavy atom. The fourth-order valence-corrected chi connectivity index (χ4v) is 3.05. The Labute approximate surface area is 140 Å². The van der Waals surface area contributed by atoms with E-state index in [2.05, 4.69) is 23.5 Å². The molecule has 3 N–H and O–H groups in total. The molecule has 0 atom stereocenters. The first kappa shape index (κ1) is 17.1. The first-order chi connectivity index (χ1) is 11.0. The number of rotatable bonds is 6. The van der Waals surface area contributed by atoms with Gasteiger partial charge in [-0.2, -0.15) is 0 Å². The minimum absolute atomic E-state index is 0.0413. The van der Waals surface area contributed by atoms with Gasteiger partial charge in [0.2, 0.25) is 11.8 Å². The van der Waals surface area contributed by atoms with Gasteiger partial charge in [-0.3, -0.25) is 9.59 Å². The van der Waals surface area contributed by atoms with Crippen LogP contribution in [0.15, 0.2) is 47.4 Å². The van der Waals surface area contributed by atoms with Gasteiger partial charge in [0.1, 0.15) is 0 Å². The summed E-state index contributed by atoms with van der Waals surface area (Å²) in [6.45, 7) is 4.46. The topological polar surface area (TPSA) is 72.2 Å². The summed E-state index contributed by atoms with van der Waals surface area (Å²) >= 11 is 1.53. The van der Waals surface area contributed by atoms with Gasteiger partial charge in [0.25, 0.3) is 0 Å². The van der Waals surface area contributed by atoms with Crippen LogP contribution >= 0.6 is 11.8 Å². The number of carbonyl (C=O) groups excluding carboxylic acids is 2. The Morgan fingerprint density at radius 2 is 1.91 bits per heavy atom. The quantitative estimate of drug-likeness (QED) is 0.801. The highest BCUT2D eigenvalue weighted by Gasteiger charge is 2.06. The number of benzene rings is 2. The van der Waals surface area contributed by atoms with Crippen molar-refractivity contribution in [2.75, 3.05) is 5.75 Å². The van der Waals surface area contributed by atoms with Gasteiger partial charge in [-0.25, -0.2) is 0 Å². The van der Waals surface area contributed by atoms with Gasteiger partial charge in [-0.05, 0) is 43.2 Å². The maximum absolute atomic E-state index is 12.0. The lowest BCUT2D eigenvalue weighted by Gasteiger charge is -2.08. The molecule has 0 fully saturated rings. The first-order valence-electron chi connectivity index (χ1n) is 7.31. The Morgan fingerprint density at radius 1 is 1.13 bits per heavy atom.